The lowest BCUT2D eigenvalue weighted by atomic mass is 10.2. The third-order valence-electron chi connectivity index (χ3n) is 2.69. The molecule has 2 aromatic heterocycles. The first-order valence-corrected chi connectivity index (χ1v) is 7.00. The van der Waals surface area contributed by atoms with Gasteiger partial charge in [0.2, 0.25) is 5.95 Å². The van der Waals surface area contributed by atoms with Crippen LogP contribution in [0.3, 0.4) is 0 Å². The van der Waals surface area contributed by atoms with E-state index >= 15 is 0 Å². The summed E-state index contributed by atoms with van der Waals surface area (Å²) in [6, 6.07) is 0.326. The second-order valence-corrected chi connectivity index (χ2v) is 5.42. The predicted molar refractivity (Wildman–Crippen MR) is 80.9 cm³/mol. The van der Waals surface area contributed by atoms with Gasteiger partial charge in [0, 0.05) is 18.4 Å². The first kappa shape index (κ1) is 13.3. The van der Waals surface area contributed by atoms with Crippen LogP contribution in [0, 0.1) is 3.57 Å². The van der Waals surface area contributed by atoms with Crippen molar-refractivity contribution in [2.45, 2.75) is 32.7 Å². The van der Waals surface area contributed by atoms with E-state index in [0.717, 1.165) is 16.4 Å². The van der Waals surface area contributed by atoms with Crippen LogP contribution in [0.15, 0.2) is 17.2 Å². The Balaban J connectivity index is 2.38. The number of aromatic amines is 1. The number of nitrogens with one attached hydrogen (secondary N) is 2. The number of hydrogen-bond acceptors (Lipinski definition) is 4. The molecule has 0 aromatic carbocycles. The van der Waals surface area contributed by atoms with Gasteiger partial charge in [-0.2, -0.15) is 0 Å². The van der Waals surface area contributed by atoms with E-state index in [1.54, 1.807) is 12.4 Å². The van der Waals surface area contributed by atoms with Crippen molar-refractivity contribution in [3.8, 4) is 0 Å². The van der Waals surface area contributed by atoms with Crippen molar-refractivity contribution in [1.82, 2.24) is 15.0 Å². The fourth-order valence-corrected chi connectivity index (χ4v) is 2.37. The number of nitrogens with zero attached hydrogens (tertiary/aromatic N) is 2. The van der Waals surface area contributed by atoms with Crippen LogP contribution in [-0.4, -0.2) is 21.0 Å². The molecule has 2 aromatic rings. The van der Waals surface area contributed by atoms with E-state index in [9.17, 15) is 4.79 Å². The zero-order valence-corrected chi connectivity index (χ0v) is 12.5. The number of hydrogen-bond donors (Lipinski definition) is 2. The maximum Gasteiger partial charge on any atom is 0.259 e. The summed E-state index contributed by atoms with van der Waals surface area (Å²) in [4.78, 5) is 22.9. The molecule has 0 amide bonds. The molecule has 0 bridgehead atoms. The van der Waals surface area contributed by atoms with Crippen LogP contribution >= 0.6 is 22.6 Å². The van der Waals surface area contributed by atoms with Gasteiger partial charge >= 0.3 is 0 Å². The first-order chi connectivity index (χ1) is 8.61. The molecule has 0 spiro atoms. The second-order valence-electron chi connectivity index (χ2n) is 4.26. The molecule has 18 heavy (non-hydrogen) atoms. The molecule has 0 saturated carbocycles. The molecule has 6 heteroatoms. The average Bonchev–Trinajstić information content (AvgIpc) is 2.34. The largest absolute Gasteiger partial charge is 0.352 e. The van der Waals surface area contributed by atoms with Crippen molar-refractivity contribution in [2.75, 3.05) is 5.32 Å². The van der Waals surface area contributed by atoms with E-state index in [2.05, 4.69) is 56.7 Å². The molecule has 0 saturated heterocycles. The van der Waals surface area contributed by atoms with Crippen LogP contribution in [-0.2, 0) is 0 Å². The standard InChI is InChI=1S/C12H15IN4O/c1-3-4-7(2)16-12-15-5-8-10(17-12)9(13)6-14-11(8)18/h5-7H,3-4H2,1-2H3,(H,14,18)(H,15,16,17). The van der Waals surface area contributed by atoms with Gasteiger partial charge in [0.25, 0.3) is 5.56 Å². The molecule has 0 fully saturated rings. The highest BCUT2D eigenvalue weighted by Gasteiger charge is 2.08. The van der Waals surface area contributed by atoms with E-state index in [1.807, 2.05) is 0 Å². The molecule has 2 rings (SSSR count). The molecule has 0 aliphatic rings. The van der Waals surface area contributed by atoms with Gasteiger partial charge in [0.1, 0.15) is 0 Å². The minimum Gasteiger partial charge on any atom is -0.352 e. The molecular formula is C12H15IN4O. The second kappa shape index (κ2) is 5.64. The molecule has 2 heterocycles. The van der Waals surface area contributed by atoms with Crippen molar-refractivity contribution < 1.29 is 0 Å². The maximum atomic E-state index is 11.6. The summed E-state index contributed by atoms with van der Waals surface area (Å²) in [5.74, 6) is 0.576. The Kier molecular flexibility index (Phi) is 4.15. The lowest BCUT2D eigenvalue weighted by molar-refractivity contribution is 0.684. The van der Waals surface area contributed by atoms with Gasteiger partial charge in [-0.15, -0.1) is 0 Å². The van der Waals surface area contributed by atoms with Gasteiger partial charge in [-0.25, -0.2) is 9.97 Å². The Morgan fingerprint density at radius 1 is 1.56 bits per heavy atom. The summed E-state index contributed by atoms with van der Waals surface area (Å²) >= 11 is 2.15. The van der Waals surface area contributed by atoms with Crippen LogP contribution in [0.25, 0.3) is 10.9 Å². The van der Waals surface area contributed by atoms with Gasteiger partial charge in [-0.05, 0) is 35.9 Å². The number of H-pyrrole nitrogens is 1. The molecule has 0 aliphatic heterocycles. The molecule has 0 radical (unpaired) electrons. The van der Waals surface area contributed by atoms with E-state index < -0.39 is 0 Å². The third-order valence-corrected chi connectivity index (χ3v) is 3.51. The minimum absolute atomic E-state index is 0.154. The van der Waals surface area contributed by atoms with Gasteiger partial charge in [-0.1, -0.05) is 13.3 Å². The Labute approximate surface area is 119 Å². The first-order valence-electron chi connectivity index (χ1n) is 5.92. The molecule has 0 aliphatic carbocycles. The van der Waals surface area contributed by atoms with Crippen molar-refractivity contribution in [1.29, 1.82) is 0 Å². The van der Waals surface area contributed by atoms with Crippen LogP contribution in [0.5, 0.6) is 0 Å². The molecule has 96 valence electrons. The Morgan fingerprint density at radius 2 is 2.33 bits per heavy atom. The Morgan fingerprint density at radius 3 is 3.06 bits per heavy atom. The SMILES string of the molecule is CCCC(C)Nc1ncc2c(=O)[nH]cc(I)c2n1. The van der Waals surface area contributed by atoms with E-state index in [4.69, 9.17) is 0 Å². The monoisotopic (exact) mass is 358 g/mol. The topological polar surface area (TPSA) is 70.7 Å². The zero-order valence-electron chi connectivity index (χ0n) is 10.3. The molecule has 1 unspecified atom stereocenters. The highest BCUT2D eigenvalue weighted by molar-refractivity contribution is 14.1. The van der Waals surface area contributed by atoms with Crippen LogP contribution < -0.4 is 10.9 Å². The fourth-order valence-electron chi connectivity index (χ4n) is 1.80. The minimum atomic E-state index is -0.154. The smallest absolute Gasteiger partial charge is 0.259 e. The molecule has 1 atom stereocenters. The molecular weight excluding hydrogens is 343 g/mol. The van der Waals surface area contributed by atoms with E-state index in [0.29, 0.717) is 22.9 Å². The van der Waals surface area contributed by atoms with Crippen LogP contribution in [0.2, 0.25) is 0 Å². The lowest BCUT2D eigenvalue weighted by Gasteiger charge is -2.12. The molecule has 2 N–H and O–H groups in total. The highest BCUT2D eigenvalue weighted by Crippen LogP contribution is 2.15. The number of aromatic nitrogens is 3. The van der Waals surface area contributed by atoms with E-state index in [1.165, 1.54) is 0 Å². The summed E-state index contributed by atoms with van der Waals surface area (Å²) < 4.78 is 0.913. The van der Waals surface area contributed by atoms with E-state index in [-0.39, 0.29) is 5.56 Å². The number of halogens is 1. The van der Waals surface area contributed by atoms with Crippen molar-refractivity contribution >= 4 is 39.4 Å². The summed E-state index contributed by atoms with van der Waals surface area (Å²) in [6.07, 6.45) is 5.41. The van der Waals surface area contributed by atoms with Gasteiger partial charge in [-0.3, -0.25) is 4.79 Å². The summed E-state index contributed by atoms with van der Waals surface area (Å²) in [7, 11) is 0. The maximum absolute atomic E-state index is 11.6. The Bertz CT molecular complexity index is 611. The van der Waals surface area contributed by atoms with Gasteiger partial charge in [0.05, 0.1) is 14.5 Å². The predicted octanol–water partition coefficient (Wildman–Crippen LogP) is 2.52. The zero-order chi connectivity index (χ0) is 13.1. The normalized spacial score (nSPS) is 12.6. The van der Waals surface area contributed by atoms with Crippen LogP contribution in [0.4, 0.5) is 5.95 Å². The van der Waals surface area contributed by atoms with Gasteiger partial charge in [0.15, 0.2) is 0 Å². The molecule has 5 nitrogen and oxygen atoms in total. The average molecular weight is 358 g/mol. The fraction of sp³-hybridized carbons (Fsp3) is 0.417. The van der Waals surface area contributed by atoms with Gasteiger partial charge < -0.3 is 10.3 Å². The lowest BCUT2D eigenvalue weighted by Crippen LogP contribution is -2.17. The van der Waals surface area contributed by atoms with Crippen molar-refractivity contribution in [3.63, 3.8) is 0 Å². The van der Waals surface area contributed by atoms with Crippen molar-refractivity contribution in [2.24, 2.45) is 0 Å². The Hall–Kier alpha value is -1.18. The highest BCUT2D eigenvalue weighted by atomic mass is 127. The summed E-state index contributed by atoms with van der Waals surface area (Å²) in [5, 5.41) is 3.77. The third kappa shape index (κ3) is 2.80. The number of fused-ring (bicyclic) bond motifs is 1. The summed E-state index contributed by atoms with van der Waals surface area (Å²) in [6.45, 7) is 4.24. The number of anilines is 1. The van der Waals surface area contributed by atoms with Crippen LogP contribution in [0.1, 0.15) is 26.7 Å². The quantitative estimate of drug-likeness (QED) is 0.824. The van der Waals surface area contributed by atoms with Crippen molar-refractivity contribution in [3.05, 3.63) is 26.3 Å². The summed E-state index contributed by atoms with van der Waals surface area (Å²) in [5.41, 5.74) is 0.541. The number of rotatable bonds is 4. The number of pyridine rings is 1.